The summed E-state index contributed by atoms with van der Waals surface area (Å²) in [6.45, 7) is 28.3. The Labute approximate surface area is 123 Å². The summed E-state index contributed by atoms with van der Waals surface area (Å²) in [5.74, 6) is 0. The highest BCUT2D eigenvalue weighted by molar-refractivity contribution is 5.30. The van der Waals surface area contributed by atoms with E-state index in [1.807, 2.05) is 0 Å². The minimum atomic E-state index is 0.228. The molecule has 0 nitrogen and oxygen atoms in total. The van der Waals surface area contributed by atoms with Gasteiger partial charge in [-0.2, -0.15) is 0 Å². The Hall–Kier alpha value is -0.260. The average Bonchev–Trinajstić information content (AvgIpc) is 1.91. The third-order valence-corrected chi connectivity index (χ3v) is 3.41. The Bertz CT molecular complexity index is 310. The number of hydrogen-bond acceptors (Lipinski definition) is 0. The molecule has 0 rings (SSSR count). The Morgan fingerprint density at radius 1 is 0.526 bits per heavy atom. The van der Waals surface area contributed by atoms with E-state index in [1.54, 1.807) is 11.1 Å². The first kappa shape index (κ1) is 18.7. The van der Waals surface area contributed by atoms with Crippen LogP contribution in [0, 0.1) is 21.7 Å². The van der Waals surface area contributed by atoms with Gasteiger partial charge in [0, 0.05) is 0 Å². The van der Waals surface area contributed by atoms with E-state index in [1.165, 1.54) is 6.42 Å². The quantitative estimate of drug-likeness (QED) is 0.455. The molecule has 0 heteroatoms. The number of allylic oxidation sites excluding steroid dienone is 2. The van der Waals surface area contributed by atoms with Gasteiger partial charge in [0.05, 0.1) is 0 Å². The van der Waals surface area contributed by atoms with Gasteiger partial charge in [-0.3, -0.25) is 0 Å². The van der Waals surface area contributed by atoms with E-state index in [4.69, 9.17) is 0 Å². The van der Waals surface area contributed by atoms with E-state index in [9.17, 15) is 0 Å². The fraction of sp³-hybridized carbons (Fsp3) is 0.895. The van der Waals surface area contributed by atoms with Crippen molar-refractivity contribution < 1.29 is 0 Å². The smallest absolute Gasteiger partial charge is 0.0165 e. The molecule has 0 aromatic rings. The predicted octanol–water partition coefficient (Wildman–Crippen LogP) is 6.86. The van der Waals surface area contributed by atoms with Crippen LogP contribution in [0.3, 0.4) is 0 Å². The van der Waals surface area contributed by atoms with Crippen LogP contribution >= 0.6 is 0 Å². The molecule has 19 heavy (non-hydrogen) atoms. The molecule has 0 aliphatic carbocycles. The zero-order valence-electron chi connectivity index (χ0n) is 15.7. The lowest BCUT2D eigenvalue weighted by molar-refractivity contribution is 0.302. The first-order chi connectivity index (χ1) is 7.96. The predicted molar refractivity (Wildman–Crippen MR) is 89.5 cm³/mol. The van der Waals surface area contributed by atoms with Crippen LogP contribution < -0.4 is 0 Å². The van der Waals surface area contributed by atoms with Crippen LogP contribution in [-0.2, 0) is 0 Å². The Morgan fingerprint density at radius 2 is 0.842 bits per heavy atom. The van der Waals surface area contributed by atoms with Crippen LogP contribution in [0.2, 0.25) is 0 Å². The van der Waals surface area contributed by atoms with Crippen LogP contribution in [0.5, 0.6) is 0 Å². The van der Waals surface area contributed by atoms with Crippen molar-refractivity contribution in [1.29, 1.82) is 0 Å². The summed E-state index contributed by atoms with van der Waals surface area (Å²) < 4.78 is 0. The van der Waals surface area contributed by atoms with E-state index in [-0.39, 0.29) is 16.2 Å². The third-order valence-electron chi connectivity index (χ3n) is 3.41. The fourth-order valence-corrected chi connectivity index (χ4v) is 3.29. The molecule has 0 heterocycles. The second-order valence-electron chi connectivity index (χ2n) is 10.3. The summed E-state index contributed by atoms with van der Waals surface area (Å²) in [4.78, 5) is 0. The lowest BCUT2D eigenvalue weighted by Gasteiger charge is -2.42. The summed E-state index contributed by atoms with van der Waals surface area (Å²) in [7, 11) is 0. The van der Waals surface area contributed by atoms with Crippen molar-refractivity contribution in [1.82, 2.24) is 0 Å². The fourth-order valence-electron chi connectivity index (χ4n) is 3.29. The van der Waals surface area contributed by atoms with Crippen LogP contribution in [0.1, 0.15) is 89.5 Å². The molecule has 0 bridgehead atoms. The van der Waals surface area contributed by atoms with Crippen molar-refractivity contribution in [3.63, 3.8) is 0 Å². The van der Waals surface area contributed by atoms with Crippen LogP contribution in [0.15, 0.2) is 11.1 Å². The van der Waals surface area contributed by atoms with Crippen molar-refractivity contribution in [2.45, 2.75) is 89.5 Å². The molecule has 0 N–H and O–H groups in total. The van der Waals surface area contributed by atoms with Gasteiger partial charge in [0.25, 0.3) is 0 Å². The third kappa shape index (κ3) is 6.15. The molecule has 0 atom stereocenters. The molecule has 0 saturated heterocycles. The average molecular weight is 267 g/mol. The van der Waals surface area contributed by atoms with Crippen LogP contribution in [0.4, 0.5) is 0 Å². The van der Waals surface area contributed by atoms with Gasteiger partial charge in [0.15, 0.2) is 0 Å². The monoisotopic (exact) mass is 266 g/mol. The summed E-state index contributed by atoms with van der Waals surface area (Å²) >= 11 is 0. The van der Waals surface area contributed by atoms with E-state index < -0.39 is 0 Å². The Morgan fingerprint density at radius 3 is 1.00 bits per heavy atom. The first-order valence-corrected chi connectivity index (χ1v) is 7.71. The molecule has 0 unspecified atom stereocenters. The highest BCUT2D eigenvalue weighted by atomic mass is 14.4. The van der Waals surface area contributed by atoms with E-state index in [2.05, 4.69) is 83.1 Å². The molecule has 0 saturated carbocycles. The zero-order valence-corrected chi connectivity index (χ0v) is 15.7. The van der Waals surface area contributed by atoms with Gasteiger partial charge < -0.3 is 0 Å². The van der Waals surface area contributed by atoms with Gasteiger partial charge in [-0.25, -0.2) is 0 Å². The van der Waals surface area contributed by atoms with E-state index in [0.29, 0.717) is 5.41 Å². The van der Waals surface area contributed by atoms with Crippen LogP contribution in [-0.4, -0.2) is 0 Å². The maximum Gasteiger partial charge on any atom is -0.0165 e. The second kappa shape index (κ2) is 5.26. The van der Waals surface area contributed by atoms with Crippen molar-refractivity contribution in [3.05, 3.63) is 11.1 Å². The highest BCUT2D eigenvalue weighted by Crippen LogP contribution is 2.48. The molecular weight excluding hydrogens is 228 g/mol. The Kier molecular flexibility index (Phi) is 5.19. The highest BCUT2D eigenvalue weighted by Gasteiger charge is 2.35. The summed E-state index contributed by atoms with van der Waals surface area (Å²) in [6, 6.07) is 0. The van der Waals surface area contributed by atoms with Crippen LogP contribution in [0.25, 0.3) is 0 Å². The van der Waals surface area contributed by atoms with Gasteiger partial charge in [-0.05, 0) is 28.1 Å². The largest absolute Gasteiger partial charge is 0.0641 e. The SMILES string of the molecule is CC(C)(C)CC(=C(C(C)(C)C)C(C)(C)C)C(C)(C)C. The van der Waals surface area contributed by atoms with Gasteiger partial charge >= 0.3 is 0 Å². The minimum absolute atomic E-state index is 0.228. The van der Waals surface area contributed by atoms with Gasteiger partial charge in [-0.1, -0.05) is 94.2 Å². The second-order valence-corrected chi connectivity index (χ2v) is 10.3. The van der Waals surface area contributed by atoms with Crippen molar-refractivity contribution in [2.24, 2.45) is 21.7 Å². The molecule has 0 amide bonds. The van der Waals surface area contributed by atoms with Gasteiger partial charge in [-0.15, -0.1) is 0 Å². The molecule has 0 spiro atoms. The lowest BCUT2D eigenvalue weighted by atomic mass is 9.63. The Balaban J connectivity index is 6.19. The minimum Gasteiger partial charge on any atom is -0.0641 e. The number of rotatable bonds is 1. The van der Waals surface area contributed by atoms with Crippen molar-refractivity contribution in [2.75, 3.05) is 0 Å². The molecule has 0 aromatic carbocycles. The van der Waals surface area contributed by atoms with E-state index >= 15 is 0 Å². The lowest BCUT2D eigenvalue weighted by Crippen LogP contribution is -2.30. The standard InChI is InChI=1S/C19H38/c1-16(2,3)13-14(17(4,5)6)15(18(7,8)9)19(10,11)12/h13H2,1-12H3. The maximum atomic E-state index is 2.37. The van der Waals surface area contributed by atoms with Crippen molar-refractivity contribution >= 4 is 0 Å². The molecule has 0 fully saturated rings. The van der Waals surface area contributed by atoms with E-state index in [0.717, 1.165) is 0 Å². The topological polar surface area (TPSA) is 0 Å². The maximum absolute atomic E-state index is 2.37. The molecule has 0 aliphatic heterocycles. The molecule has 0 aliphatic rings. The zero-order chi connectivity index (χ0) is 15.9. The van der Waals surface area contributed by atoms with Crippen molar-refractivity contribution in [3.8, 4) is 0 Å². The van der Waals surface area contributed by atoms with Gasteiger partial charge in [0.1, 0.15) is 0 Å². The molecule has 0 radical (unpaired) electrons. The summed E-state index contributed by atoms with van der Waals surface area (Å²) in [5, 5.41) is 0. The summed E-state index contributed by atoms with van der Waals surface area (Å²) in [6.07, 6.45) is 1.18. The number of hydrogen-bond donors (Lipinski definition) is 0. The molecular formula is C19H38. The molecule has 0 aromatic heterocycles. The van der Waals surface area contributed by atoms with Gasteiger partial charge in [0.2, 0.25) is 0 Å². The molecule has 114 valence electrons. The normalized spacial score (nSPS) is 14.5. The first-order valence-electron chi connectivity index (χ1n) is 7.71. The summed E-state index contributed by atoms with van der Waals surface area (Å²) in [5.41, 5.74) is 4.33.